The molecule has 0 aromatic carbocycles. The number of hydrogen-bond donors (Lipinski definition) is 0. The first kappa shape index (κ1) is 10.9. The van der Waals surface area contributed by atoms with E-state index in [1.807, 2.05) is 0 Å². The molecule has 0 aromatic heterocycles. The third-order valence-corrected chi connectivity index (χ3v) is 2.88. The zero-order valence-electron chi connectivity index (χ0n) is 9.60. The van der Waals surface area contributed by atoms with Crippen LogP contribution in [0, 0.1) is 0 Å². The van der Waals surface area contributed by atoms with Crippen molar-refractivity contribution < 1.29 is 0 Å². The van der Waals surface area contributed by atoms with Crippen LogP contribution in [0.4, 0.5) is 0 Å². The second-order valence-corrected chi connectivity index (χ2v) is 4.09. The molecule has 82 valence electrons. The van der Waals surface area contributed by atoms with Gasteiger partial charge in [-0.1, -0.05) is 60.8 Å². The van der Waals surface area contributed by atoms with Gasteiger partial charge in [0.25, 0.3) is 0 Å². The molecule has 0 atom stereocenters. The average molecular weight is 210 g/mol. The van der Waals surface area contributed by atoms with Crippen molar-refractivity contribution in [1.82, 2.24) is 0 Å². The first-order valence-electron chi connectivity index (χ1n) is 6.02. The Kier molecular flexibility index (Phi) is 4.18. The minimum absolute atomic E-state index is 1.15. The van der Waals surface area contributed by atoms with Crippen molar-refractivity contribution >= 4 is 0 Å². The Morgan fingerprint density at radius 3 is 1.56 bits per heavy atom. The van der Waals surface area contributed by atoms with Crippen molar-refractivity contribution in [3.05, 3.63) is 71.9 Å². The van der Waals surface area contributed by atoms with Crippen molar-refractivity contribution in [2.45, 2.75) is 25.7 Å². The van der Waals surface area contributed by atoms with E-state index in [-0.39, 0.29) is 0 Å². The number of rotatable bonds is 1. The fourth-order valence-electron chi connectivity index (χ4n) is 2.00. The highest BCUT2D eigenvalue weighted by molar-refractivity contribution is 5.38. The van der Waals surface area contributed by atoms with Crippen LogP contribution in [0.2, 0.25) is 0 Å². The quantitative estimate of drug-likeness (QED) is 0.591. The third kappa shape index (κ3) is 3.23. The maximum Gasteiger partial charge on any atom is -0.0241 e. The topological polar surface area (TPSA) is 0 Å². The van der Waals surface area contributed by atoms with Crippen LogP contribution in [0.25, 0.3) is 0 Å². The van der Waals surface area contributed by atoms with Crippen LogP contribution in [-0.4, -0.2) is 0 Å². The van der Waals surface area contributed by atoms with Gasteiger partial charge in [0, 0.05) is 0 Å². The first-order valence-corrected chi connectivity index (χ1v) is 6.02. The molecule has 16 heavy (non-hydrogen) atoms. The van der Waals surface area contributed by atoms with Gasteiger partial charge in [0.05, 0.1) is 0 Å². The molecule has 2 rings (SSSR count). The van der Waals surface area contributed by atoms with Gasteiger partial charge in [0.2, 0.25) is 0 Å². The van der Waals surface area contributed by atoms with Gasteiger partial charge in [-0.05, 0) is 36.8 Å². The highest BCUT2D eigenvalue weighted by Crippen LogP contribution is 2.23. The summed E-state index contributed by atoms with van der Waals surface area (Å²) in [4.78, 5) is 0. The molecule has 0 amide bonds. The lowest BCUT2D eigenvalue weighted by atomic mass is 9.94. The smallest absolute Gasteiger partial charge is 0.0241 e. The molecule has 0 N–H and O–H groups in total. The van der Waals surface area contributed by atoms with E-state index in [0.29, 0.717) is 0 Å². The first-order chi connectivity index (χ1) is 7.97. The zero-order valence-corrected chi connectivity index (χ0v) is 9.60. The number of hydrogen-bond acceptors (Lipinski definition) is 0. The van der Waals surface area contributed by atoms with Crippen molar-refractivity contribution in [2.24, 2.45) is 0 Å². The molecule has 0 saturated carbocycles. The largest absolute Gasteiger partial charge is 0.0842 e. The summed E-state index contributed by atoms with van der Waals surface area (Å²) >= 11 is 0. The second-order valence-electron chi connectivity index (χ2n) is 4.09. The van der Waals surface area contributed by atoms with Crippen LogP contribution >= 0.6 is 0 Å². The van der Waals surface area contributed by atoms with Gasteiger partial charge >= 0.3 is 0 Å². The van der Waals surface area contributed by atoms with E-state index in [2.05, 4.69) is 60.8 Å². The minimum atomic E-state index is 1.15. The SMILES string of the molecule is C1=CC=C(C2=CC=CC=CCC2)CCC=C1. The van der Waals surface area contributed by atoms with E-state index in [4.69, 9.17) is 0 Å². The van der Waals surface area contributed by atoms with Crippen molar-refractivity contribution in [3.8, 4) is 0 Å². The van der Waals surface area contributed by atoms with E-state index < -0.39 is 0 Å². The van der Waals surface area contributed by atoms with Gasteiger partial charge in [-0.3, -0.25) is 0 Å². The lowest BCUT2D eigenvalue weighted by Crippen LogP contribution is -1.92. The van der Waals surface area contributed by atoms with Gasteiger partial charge in [-0.25, -0.2) is 0 Å². The molecule has 0 nitrogen and oxygen atoms in total. The lowest BCUT2D eigenvalue weighted by molar-refractivity contribution is 0.913. The molecule has 0 spiro atoms. The maximum atomic E-state index is 2.26. The van der Waals surface area contributed by atoms with Gasteiger partial charge in [-0.2, -0.15) is 0 Å². The Hall–Kier alpha value is -1.56. The summed E-state index contributed by atoms with van der Waals surface area (Å²) in [6.07, 6.45) is 26.4. The number of allylic oxidation sites excluding steroid dienone is 12. The average Bonchev–Trinajstić information content (AvgIpc) is 2.18. The third-order valence-electron chi connectivity index (χ3n) is 2.88. The Bertz CT molecular complexity index is 358. The Labute approximate surface area is 98.1 Å². The Balaban J connectivity index is 2.16. The molecule has 0 radical (unpaired) electrons. The molecular weight excluding hydrogens is 192 g/mol. The monoisotopic (exact) mass is 210 g/mol. The highest BCUT2D eigenvalue weighted by Gasteiger charge is 2.04. The van der Waals surface area contributed by atoms with Crippen molar-refractivity contribution in [3.63, 3.8) is 0 Å². The van der Waals surface area contributed by atoms with Gasteiger partial charge in [-0.15, -0.1) is 0 Å². The molecule has 0 heteroatoms. The van der Waals surface area contributed by atoms with Gasteiger partial charge < -0.3 is 0 Å². The molecule has 0 saturated heterocycles. The Morgan fingerprint density at radius 2 is 1.06 bits per heavy atom. The van der Waals surface area contributed by atoms with Crippen LogP contribution in [-0.2, 0) is 0 Å². The van der Waals surface area contributed by atoms with Gasteiger partial charge in [0.15, 0.2) is 0 Å². The molecule has 0 aliphatic heterocycles. The van der Waals surface area contributed by atoms with Crippen LogP contribution < -0.4 is 0 Å². The predicted octanol–water partition coefficient (Wildman–Crippen LogP) is 4.65. The second kappa shape index (κ2) is 6.12. The summed E-state index contributed by atoms with van der Waals surface area (Å²) in [6, 6.07) is 0. The molecule has 2 aliphatic carbocycles. The fraction of sp³-hybridized carbons (Fsp3) is 0.250. The molecule has 2 aliphatic rings. The van der Waals surface area contributed by atoms with Crippen LogP contribution in [0.1, 0.15) is 25.7 Å². The van der Waals surface area contributed by atoms with Crippen LogP contribution in [0.5, 0.6) is 0 Å². The summed E-state index contributed by atoms with van der Waals surface area (Å²) in [7, 11) is 0. The van der Waals surface area contributed by atoms with E-state index in [0.717, 1.165) is 25.7 Å². The predicted molar refractivity (Wildman–Crippen MR) is 71.2 cm³/mol. The highest BCUT2D eigenvalue weighted by atomic mass is 14.1. The maximum absolute atomic E-state index is 2.26. The lowest BCUT2D eigenvalue weighted by Gasteiger charge is -2.11. The summed E-state index contributed by atoms with van der Waals surface area (Å²) in [5, 5.41) is 0. The van der Waals surface area contributed by atoms with Crippen molar-refractivity contribution in [2.75, 3.05) is 0 Å². The Morgan fingerprint density at radius 1 is 0.562 bits per heavy atom. The summed E-state index contributed by atoms with van der Waals surface area (Å²) in [5.74, 6) is 0. The summed E-state index contributed by atoms with van der Waals surface area (Å²) in [5.41, 5.74) is 2.97. The molecule has 0 aromatic rings. The van der Waals surface area contributed by atoms with Crippen LogP contribution in [0.3, 0.4) is 0 Å². The molecule has 0 heterocycles. The molecule has 0 bridgehead atoms. The molecule has 0 fully saturated rings. The van der Waals surface area contributed by atoms with Crippen molar-refractivity contribution in [1.29, 1.82) is 0 Å². The minimum Gasteiger partial charge on any atom is -0.0842 e. The van der Waals surface area contributed by atoms with Crippen LogP contribution in [0.15, 0.2) is 71.9 Å². The van der Waals surface area contributed by atoms with E-state index in [9.17, 15) is 0 Å². The van der Waals surface area contributed by atoms with E-state index >= 15 is 0 Å². The van der Waals surface area contributed by atoms with E-state index in [1.165, 1.54) is 11.1 Å². The van der Waals surface area contributed by atoms with Gasteiger partial charge in [0.1, 0.15) is 0 Å². The molecular formula is C16H18. The zero-order chi connectivity index (χ0) is 11.1. The summed E-state index contributed by atoms with van der Waals surface area (Å²) < 4.78 is 0. The van der Waals surface area contributed by atoms with E-state index in [1.54, 1.807) is 0 Å². The fourth-order valence-corrected chi connectivity index (χ4v) is 2.00. The molecule has 0 unspecified atom stereocenters. The standard InChI is InChI=1S/C16H18/c1-3-7-11-15(12-8-4-1)16-13-9-5-2-6-10-14-16/h1-7,9,11,13H,8,10,12,14H2. The normalized spacial score (nSPS) is 20.5. The summed E-state index contributed by atoms with van der Waals surface area (Å²) in [6.45, 7) is 0.